The number of carbonyl (C=O) groups is 2. The maximum absolute atomic E-state index is 11.3. The zero-order valence-corrected chi connectivity index (χ0v) is 20.8. The minimum absolute atomic E-state index is 0.346. The van der Waals surface area contributed by atoms with E-state index < -0.39 is 12.6 Å². The van der Waals surface area contributed by atoms with Gasteiger partial charge in [-0.25, -0.2) is 9.59 Å². The second-order valence-corrected chi connectivity index (χ2v) is 7.83. The summed E-state index contributed by atoms with van der Waals surface area (Å²) in [6.45, 7) is 15.6. The largest absolute Gasteiger partial charge is 0.465 e. The molecule has 2 atom stereocenters. The number of benzene rings is 1. The Hall–Kier alpha value is -2.84. The van der Waals surface area contributed by atoms with Crippen LogP contribution in [0.3, 0.4) is 0 Å². The molecule has 0 bridgehead atoms. The molecule has 0 spiro atoms. The molecule has 0 aliphatic heterocycles. The highest BCUT2D eigenvalue weighted by Crippen LogP contribution is 2.20. The summed E-state index contributed by atoms with van der Waals surface area (Å²) >= 11 is 0. The molecule has 0 aromatic heterocycles. The lowest BCUT2D eigenvalue weighted by Crippen LogP contribution is -2.18. The fraction of sp³-hybridized carbons (Fsp3) is 0.538. The molecule has 0 saturated heterocycles. The van der Waals surface area contributed by atoms with Gasteiger partial charge in [-0.05, 0) is 77.6 Å². The van der Waals surface area contributed by atoms with Crippen LogP contribution in [0.25, 0.3) is 0 Å². The summed E-state index contributed by atoms with van der Waals surface area (Å²) in [6, 6.07) is 7.20. The van der Waals surface area contributed by atoms with Crippen LogP contribution in [-0.4, -0.2) is 50.9 Å². The third kappa shape index (κ3) is 13.6. The van der Waals surface area contributed by atoms with Crippen molar-refractivity contribution in [2.45, 2.75) is 66.0 Å². The maximum atomic E-state index is 11.3. The van der Waals surface area contributed by atoms with Crippen LogP contribution in [0, 0.1) is 0 Å². The minimum atomic E-state index is -0.415. The minimum Gasteiger partial charge on any atom is -0.465 e. The summed E-state index contributed by atoms with van der Waals surface area (Å²) in [4.78, 5) is 22.6. The highest BCUT2D eigenvalue weighted by atomic mass is 16.7. The number of hydrogen-bond acceptors (Lipinski definition) is 8. The van der Waals surface area contributed by atoms with E-state index in [0.29, 0.717) is 61.9 Å². The first kappa shape index (κ1) is 29.2. The van der Waals surface area contributed by atoms with Crippen LogP contribution in [0.2, 0.25) is 0 Å². The molecule has 0 fully saturated rings. The Morgan fingerprint density at radius 2 is 1.00 bits per heavy atom. The van der Waals surface area contributed by atoms with E-state index in [1.807, 2.05) is 13.8 Å². The van der Waals surface area contributed by atoms with Crippen LogP contribution in [0.1, 0.15) is 53.4 Å². The van der Waals surface area contributed by atoms with Crippen LogP contribution < -0.4 is 9.47 Å². The highest BCUT2D eigenvalue weighted by Gasteiger charge is 2.08. The third-order valence-electron chi connectivity index (χ3n) is 4.37. The number of esters is 2. The summed E-state index contributed by atoms with van der Waals surface area (Å²) in [5.74, 6) is 0.579. The molecular formula is C26H38O8. The lowest BCUT2D eigenvalue weighted by molar-refractivity contribution is -0.140. The molecule has 0 aliphatic rings. The van der Waals surface area contributed by atoms with E-state index in [0.717, 1.165) is 12.8 Å². The van der Waals surface area contributed by atoms with E-state index in [-0.39, 0.29) is 11.9 Å². The first-order valence-corrected chi connectivity index (χ1v) is 11.5. The van der Waals surface area contributed by atoms with E-state index in [1.165, 1.54) is 0 Å². The van der Waals surface area contributed by atoms with Gasteiger partial charge in [0.1, 0.15) is 11.5 Å². The van der Waals surface area contributed by atoms with Gasteiger partial charge in [-0.2, -0.15) is 0 Å². The second-order valence-electron chi connectivity index (χ2n) is 7.83. The van der Waals surface area contributed by atoms with E-state index in [4.69, 9.17) is 28.4 Å². The smallest absolute Gasteiger partial charge is 0.333 e. The zero-order chi connectivity index (χ0) is 25.3. The van der Waals surface area contributed by atoms with Gasteiger partial charge in [-0.3, -0.25) is 0 Å². The van der Waals surface area contributed by atoms with Gasteiger partial charge >= 0.3 is 11.9 Å². The van der Waals surface area contributed by atoms with Crippen molar-refractivity contribution in [3.05, 3.63) is 48.6 Å². The average Bonchev–Trinajstić information content (AvgIpc) is 2.79. The second kappa shape index (κ2) is 16.7. The van der Waals surface area contributed by atoms with Gasteiger partial charge in [0.05, 0.1) is 26.4 Å². The molecule has 1 aromatic carbocycles. The first-order valence-electron chi connectivity index (χ1n) is 11.5. The van der Waals surface area contributed by atoms with Gasteiger partial charge in [-0.15, -0.1) is 0 Å². The van der Waals surface area contributed by atoms with Gasteiger partial charge in [0.15, 0.2) is 12.6 Å². The van der Waals surface area contributed by atoms with E-state index >= 15 is 0 Å². The van der Waals surface area contributed by atoms with Crippen molar-refractivity contribution in [2.24, 2.45) is 0 Å². The average molecular weight is 479 g/mol. The molecule has 2 unspecified atom stereocenters. The summed E-state index contributed by atoms with van der Waals surface area (Å²) in [5.41, 5.74) is 0.792. The topological polar surface area (TPSA) is 89.5 Å². The summed E-state index contributed by atoms with van der Waals surface area (Å²) in [7, 11) is 0. The molecule has 0 saturated carbocycles. The predicted octanol–water partition coefficient (Wildman–Crippen LogP) is 4.97. The summed E-state index contributed by atoms with van der Waals surface area (Å²) in [6.07, 6.45) is 2.09. The molecule has 0 heterocycles. The van der Waals surface area contributed by atoms with E-state index in [2.05, 4.69) is 13.2 Å². The molecule has 190 valence electrons. The fourth-order valence-electron chi connectivity index (χ4n) is 2.53. The normalized spacial score (nSPS) is 12.4. The molecule has 0 N–H and O–H groups in total. The SMILES string of the molecule is C=C(C)C(=O)OCCCCOC(C)Oc1ccc(OC(C)OCCCCOC(=O)C(=C)C)cc1. The number of hydrogen-bond donors (Lipinski definition) is 0. The van der Waals surface area contributed by atoms with E-state index in [1.54, 1.807) is 38.1 Å². The molecule has 1 rings (SSSR count). The van der Waals surface area contributed by atoms with Gasteiger partial charge in [-0.1, -0.05) is 13.2 Å². The fourth-order valence-corrected chi connectivity index (χ4v) is 2.53. The third-order valence-corrected chi connectivity index (χ3v) is 4.37. The van der Waals surface area contributed by atoms with Gasteiger partial charge < -0.3 is 28.4 Å². The van der Waals surface area contributed by atoms with Gasteiger partial charge in [0.25, 0.3) is 0 Å². The van der Waals surface area contributed by atoms with Crippen LogP contribution >= 0.6 is 0 Å². The molecule has 8 heteroatoms. The first-order chi connectivity index (χ1) is 16.2. The van der Waals surface area contributed by atoms with Crippen molar-refractivity contribution in [3.63, 3.8) is 0 Å². The van der Waals surface area contributed by atoms with Gasteiger partial charge in [0.2, 0.25) is 0 Å². The number of carbonyl (C=O) groups excluding carboxylic acids is 2. The molecule has 0 amide bonds. The Kier molecular flexibility index (Phi) is 14.4. The Bertz CT molecular complexity index is 707. The van der Waals surface area contributed by atoms with Crippen molar-refractivity contribution >= 4 is 11.9 Å². The van der Waals surface area contributed by atoms with E-state index in [9.17, 15) is 9.59 Å². The Labute approximate surface area is 202 Å². The molecule has 0 radical (unpaired) electrons. The Morgan fingerprint density at radius 3 is 1.32 bits per heavy atom. The lowest BCUT2D eigenvalue weighted by Gasteiger charge is -2.17. The standard InChI is InChI=1S/C26H38O8/c1-19(2)25(27)31-17-9-7-15-29-21(5)33-23-11-13-24(14-12-23)34-22(6)30-16-8-10-18-32-26(28)20(3)4/h11-14,21-22H,1,3,7-10,15-18H2,2,4-6H3. The number of rotatable bonds is 18. The van der Waals surface area contributed by atoms with Crippen molar-refractivity contribution < 1.29 is 38.0 Å². The number of ether oxygens (including phenoxy) is 6. The monoisotopic (exact) mass is 478 g/mol. The van der Waals surface area contributed by atoms with Gasteiger partial charge in [0, 0.05) is 11.1 Å². The Balaban J connectivity index is 2.16. The molecule has 0 aliphatic carbocycles. The molecular weight excluding hydrogens is 440 g/mol. The molecule has 34 heavy (non-hydrogen) atoms. The van der Waals surface area contributed by atoms with Crippen LogP contribution in [-0.2, 0) is 28.5 Å². The summed E-state index contributed by atoms with van der Waals surface area (Å²) < 4.78 is 32.8. The van der Waals surface area contributed by atoms with Crippen LogP contribution in [0.4, 0.5) is 0 Å². The lowest BCUT2D eigenvalue weighted by atomic mass is 10.3. The molecule has 1 aromatic rings. The predicted molar refractivity (Wildman–Crippen MR) is 129 cm³/mol. The van der Waals surface area contributed by atoms with Crippen molar-refractivity contribution in [1.82, 2.24) is 0 Å². The van der Waals surface area contributed by atoms with Crippen molar-refractivity contribution in [3.8, 4) is 11.5 Å². The van der Waals surface area contributed by atoms with Crippen LogP contribution in [0.15, 0.2) is 48.6 Å². The highest BCUT2D eigenvalue weighted by molar-refractivity contribution is 5.87. The van der Waals surface area contributed by atoms with Crippen LogP contribution in [0.5, 0.6) is 11.5 Å². The Morgan fingerprint density at radius 1 is 0.676 bits per heavy atom. The summed E-state index contributed by atoms with van der Waals surface area (Å²) in [5, 5.41) is 0. The quantitative estimate of drug-likeness (QED) is 0.126. The van der Waals surface area contributed by atoms with Crippen molar-refractivity contribution in [1.29, 1.82) is 0 Å². The zero-order valence-electron chi connectivity index (χ0n) is 20.8. The number of unbranched alkanes of at least 4 members (excludes halogenated alkanes) is 2. The maximum Gasteiger partial charge on any atom is 0.333 e. The molecule has 8 nitrogen and oxygen atoms in total. The van der Waals surface area contributed by atoms with Crippen molar-refractivity contribution in [2.75, 3.05) is 26.4 Å².